The van der Waals surface area contributed by atoms with Crippen LogP contribution in [0.4, 0.5) is 10.6 Å². The van der Waals surface area contributed by atoms with Gasteiger partial charge in [0.2, 0.25) is 0 Å². The molecule has 1 amide bonds. The molecule has 3 rings (SSSR count). The van der Waals surface area contributed by atoms with Crippen LogP contribution in [0.15, 0.2) is 48.5 Å². The topological polar surface area (TPSA) is 176 Å². The number of hydrogen-bond donors (Lipinski definition) is 4. The van der Waals surface area contributed by atoms with Crippen molar-refractivity contribution in [3.05, 3.63) is 59.8 Å². The summed E-state index contributed by atoms with van der Waals surface area (Å²) in [6.07, 6.45) is -0.639. The number of amides is 1. The quantitative estimate of drug-likeness (QED) is 0.291. The molecule has 1 fully saturated rings. The first-order valence-corrected chi connectivity index (χ1v) is 13.6. The highest BCUT2D eigenvalue weighted by Crippen LogP contribution is 2.10. The number of pyridine rings is 1. The predicted octanol–water partition coefficient (Wildman–Crippen LogP) is 0.806. The maximum atomic E-state index is 12.3. The number of rotatable bonds is 11. The average Bonchev–Trinajstić information content (AvgIpc) is 2.93. The van der Waals surface area contributed by atoms with E-state index in [1.807, 2.05) is 36.4 Å². The Labute approximate surface area is 244 Å². The van der Waals surface area contributed by atoms with Gasteiger partial charge in [-0.2, -0.15) is 0 Å². The lowest BCUT2D eigenvalue weighted by molar-refractivity contribution is -0.140. The van der Waals surface area contributed by atoms with E-state index in [2.05, 4.69) is 15.2 Å². The fourth-order valence-corrected chi connectivity index (χ4v) is 4.52. The van der Waals surface area contributed by atoms with Gasteiger partial charge >= 0.3 is 24.0 Å². The molecule has 0 radical (unpaired) electrons. The van der Waals surface area contributed by atoms with Gasteiger partial charge in [0.15, 0.2) is 0 Å². The molecule has 14 nitrogen and oxygen atoms in total. The number of hydrogen-bond acceptors (Lipinski definition) is 10. The second-order valence-electron chi connectivity index (χ2n) is 9.99. The molecular weight excluding hydrogens is 548 g/mol. The van der Waals surface area contributed by atoms with Crippen LogP contribution in [0.3, 0.4) is 0 Å². The Kier molecular flexibility index (Phi) is 13.1. The average molecular weight is 587 g/mol. The number of carboxylic acid groups (broad SMARTS) is 3. The van der Waals surface area contributed by atoms with Crippen molar-refractivity contribution >= 4 is 29.8 Å². The summed E-state index contributed by atoms with van der Waals surface area (Å²) in [5.41, 5.74) is 1.51. The molecule has 1 aromatic carbocycles. The van der Waals surface area contributed by atoms with E-state index in [4.69, 9.17) is 4.74 Å². The molecule has 2 heterocycles. The monoisotopic (exact) mass is 586 g/mol. The zero-order chi connectivity index (χ0) is 30.3. The van der Waals surface area contributed by atoms with Gasteiger partial charge < -0.3 is 20.1 Å². The lowest BCUT2D eigenvalue weighted by Gasteiger charge is -2.33. The number of anilines is 1. The predicted molar refractivity (Wildman–Crippen MR) is 152 cm³/mol. The van der Waals surface area contributed by atoms with E-state index in [0.29, 0.717) is 70.4 Å². The molecule has 1 aliphatic heterocycles. The normalized spacial score (nSPS) is 16.6. The molecule has 14 heteroatoms. The van der Waals surface area contributed by atoms with Crippen molar-refractivity contribution in [1.82, 2.24) is 24.6 Å². The van der Waals surface area contributed by atoms with Crippen LogP contribution >= 0.6 is 0 Å². The third-order valence-electron chi connectivity index (χ3n) is 6.64. The van der Waals surface area contributed by atoms with E-state index >= 15 is 0 Å². The Morgan fingerprint density at radius 3 is 1.62 bits per heavy atom. The first-order valence-electron chi connectivity index (χ1n) is 13.6. The fraction of sp³-hybridized carbons (Fsp3) is 0.464. The first kappa shape index (κ1) is 32.4. The number of nitrogens with zero attached hydrogens (tertiary/aromatic N) is 5. The number of benzene rings is 1. The number of carbonyl (C=O) groups excluding carboxylic acids is 1. The van der Waals surface area contributed by atoms with E-state index in [1.165, 1.54) is 0 Å². The number of carboxylic acids is 3. The highest BCUT2D eigenvalue weighted by Gasteiger charge is 2.20. The summed E-state index contributed by atoms with van der Waals surface area (Å²) < 4.78 is 5.27. The van der Waals surface area contributed by atoms with Crippen molar-refractivity contribution in [3.8, 4) is 0 Å². The molecule has 1 aliphatic rings. The third kappa shape index (κ3) is 12.6. The maximum Gasteiger partial charge on any atom is 0.413 e. The van der Waals surface area contributed by atoms with Gasteiger partial charge in [-0.3, -0.25) is 39.3 Å². The second-order valence-corrected chi connectivity index (χ2v) is 9.99. The van der Waals surface area contributed by atoms with E-state index in [0.717, 1.165) is 5.56 Å². The largest absolute Gasteiger partial charge is 0.480 e. The Hall–Kier alpha value is -4.11. The number of aliphatic carboxylic acids is 3. The van der Waals surface area contributed by atoms with Crippen molar-refractivity contribution in [2.24, 2.45) is 0 Å². The summed E-state index contributed by atoms with van der Waals surface area (Å²) in [4.78, 5) is 58.4. The van der Waals surface area contributed by atoms with Gasteiger partial charge in [0.25, 0.3) is 0 Å². The summed E-state index contributed by atoms with van der Waals surface area (Å²) in [6, 6.07) is 14.5. The lowest BCUT2D eigenvalue weighted by Crippen LogP contribution is -2.48. The number of ether oxygens (including phenoxy) is 1. The lowest BCUT2D eigenvalue weighted by atomic mass is 10.2. The smallest absolute Gasteiger partial charge is 0.413 e. The maximum absolute atomic E-state index is 12.3. The Morgan fingerprint density at radius 2 is 1.14 bits per heavy atom. The van der Waals surface area contributed by atoms with E-state index in [9.17, 15) is 34.5 Å². The molecule has 1 aromatic heterocycles. The van der Waals surface area contributed by atoms with Crippen molar-refractivity contribution in [3.63, 3.8) is 0 Å². The van der Waals surface area contributed by atoms with Crippen LogP contribution in [-0.4, -0.2) is 136 Å². The van der Waals surface area contributed by atoms with Crippen LogP contribution in [0.2, 0.25) is 0 Å². The zero-order valence-corrected chi connectivity index (χ0v) is 23.4. The van der Waals surface area contributed by atoms with Crippen molar-refractivity contribution in [2.75, 3.05) is 77.3 Å². The van der Waals surface area contributed by atoms with Crippen LogP contribution in [0.5, 0.6) is 0 Å². The van der Waals surface area contributed by atoms with Gasteiger partial charge in [0, 0.05) is 58.9 Å². The summed E-state index contributed by atoms with van der Waals surface area (Å²) >= 11 is 0. The van der Waals surface area contributed by atoms with Crippen LogP contribution in [0.1, 0.15) is 11.3 Å². The number of carbonyl (C=O) groups is 4. The van der Waals surface area contributed by atoms with Gasteiger partial charge in [-0.1, -0.05) is 36.4 Å². The summed E-state index contributed by atoms with van der Waals surface area (Å²) in [5.74, 6) is -2.65. The summed E-state index contributed by atoms with van der Waals surface area (Å²) in [5, 5.41) is 30.8. The molecule has 4 N–H and O–H groups in total. The summed E-state index contributed by atoms with van der Waals surface area (Å²) in [7, 11) is 0. The molecule has 0 unspecified atom stereocenters. The minimum absolute atomic E-state index is 0.119. The van der Waals surface area contributed by atoms with Crippen molar-refractivity contribution in [1.29, 1.82) is 0 Å². The van der Waals surface area contributed by atoms with Gasteiger partial charge in [0.1, 0.15) is 12.4 Å². The number of aromatic nitrogens is 1. The Bertz CT molecular complexity index is 1150. The first-order chi connectivity index (χ1) is 20.2. The Morgan fingerprint density at radius 1 is 0.667 bits per heavy atom. The minimum atomic E-state index is -1.00. The molecular formula is C28H38N6O8. The molecule has 0 saturated carbocycles. The van der Waals surface area contributed by atoms with Crippen LogP contribution in [0, 0.1) is 0 Å². The third-order valence-corrected chi connectivity index (χ3v) is 6.64. The van der Waals surface area contributed by atoms with Crippen LogP contribution < -0.4 is 5.32 Å². The van der Waals surface area contributed by atoms with Crippen LogP contribution in [0.25, 0.3) is 0 Å². The van der Waals surface area contributed by atoms with Crippen molar-refractivity contribution in [2.45, 2.75) is 13.2 Å². The van der Waals surface area contributed by atoms with Gasteiger partial charge in [0.05, 0.1) is 25.3 Å². The van der Waals surface area contributed by atoms with Crippen LogP contribution in [-0.2, 0) is 32.3 Å². The van der Waals surface area contributed by atoms with E-state index in [1.54, 1.807) is 26.8 Å². The highest BCUT2D eigenvalue weighted by molar-refractivity contribution is 5.83. The molecule has 0 aliphatic carbocycles. The van der Waals surface area contributed by atoms with E-state index < -0.39 is 24.0 Å². The van der Waals surface area contributed by atoms with E-state index in [-0.39, 0.29) is 26.2 Å². The van der Waals surface area contributed by atoms with Crippen molar-refractivity contribution < 1.29 is 39.2 Å². The highest BCUT2D eigenvalue weighted by atomic mass is 16.5. The van der Waals surface area contributed by atoms with Gasteiger partial charge in [-0.15, -0.1) is 0 Å². The summed E-state index contributed by atoms with van der Waals surface area (Å²) in [6.45, 7) is 2.96. The Balaban J connectivity index is 1.68. The SMILES string of the molecule is O=C(O)CN1CCN(CC(=O)O)CCN(Cc2cccc(NC(=O)OCc3ccccc3)n2)CCN(CC(=O)O)CC1. The molecule has 0 spiro atoms. The molecule has 0 atom stereocenters. The zero-order valence-electron chi connectivity index (χ0n) is 23.4. The molecule has 42 heavy (non-hydrogen) atoms. The number of nitrogens with one attached hydrogen (secondary N) is 1. The fourth-order valence-electron chi connectivity index (χ4n) is 4.52. The minimum Gasteiger partial charge on any atom is -0.480 e. The standard InChI is InChI=1S/C28H38N6O8/c35-25(36)18-32-11-9-31(10-12-33(19-26(37)38)14-16-34(15-13-32)20-27(39)40)17-23-7-4-8-24(29-23)30-28(41)42-21-22-5-2-1-3-6-22/h1-8H,9-21H2,(H,35,36)(H,37,38)(H,39,40)(H,29,30,41). The second kappa shape index (κ2) is 17.0. The van der Waals surface area contributed by atoms with Gasteiger partial charge in [-0.25, -0.2) is 9.78 Å². The molecule has 0 bridgehead atoms. The molecule has 1 saturated heterocycles. The molecule has 228 valence electrons. The van der Waals surface area contributed by atoms with Gasteiger partial charge in [-0.05, 0) is 17.7 Å². The molecule has 2 aromatic rings.